The number of halogens is 1. The first-order valence-corrected chi connectivity index (χ1v) is 8.76. The molecule has 1 aromatic carbocycles. The van der Waals surface area contributed by atoms with Gasteiger partial charge in [-0.05, 0) is 50.8 Å². The average molecular weight is 372 g/mol. The van der Waals surface area contributed by atoms with Gasteiger partial charge in [0.15, 0.2) is 0 Å². The zero-order valence-electron chi connectivity index (χ0n) is 13.6. The summed E-state index contributed by atoms with van der Waals surface area (Å²) < 4.78 is 10.9. The monoisotopic (exact) mass is 371 g/mol. The highest BCUT2D eigenvalue weighted by atomic mass is 79.9. The Hall–Kier alpha value is -1.23. The van der Waals surface area contributed by atoms with Gasteiger partial charge in [0.1, 0.15) is 11.4 Å². The average Bonchev–Trinajstić information content (AvgIpc) is 2.45. The molecule has 124 valence electrons. The lowest BCUT2D eigenvalue weighted by Gasteiger charge is -2.31. The van der Waals surface area contributed by atoms with Gasteiger partial charge in [-0.1, -0.05) is 35.0 Å². The SMILES string of the molecule is CC(c1ccc(OCCCCCBr)cc1)C(C)(C)OC(N)=O. The van der Waals surface area contributed by atoms with Gasteiger partial charge in [0, 0.05) is 11.2 Å². The molecule has 2 N–H and O–H groups in total. The Morgan fingerprint density at radius 1 is 1.23 bits per heavy atom. The van der Waals surface area contributed by atoms with Crippen LogP contribution in [0, 0.1) is 0 Å². The second-order valence-electron chi connectivity index (χ2n) is 5.91. The first-order chi connectivity index (χ1) is 10.4. The number of hydrogen-bond acceptors (Lipinski definition) is 3. The van der Waals surface area contributed by atoms with E-state index < -0.39 is 11.7 Å². The third kappa shape index (κ3) is 6.26. The standard InChI is InChI=1S/C17H26BrNO3/c1-13(17(2,3)22-16(19)20)14-7-9-15(10-8-14)21-12-6-4-5-11-18/h7-10,13H,4-6,11-12H2,1-3H3,(H2,19,20). The van der Waals surface area contributed by atoms with Gasteiger partial charge in [-0.25, -0.2) is 4.79 Å². The summed E-state index contributed by atoms with van der Waals surface area (Å²) in [5.41, 5.74) is 5.56. The van der Waals surface area contributed by atoms with Gasteiger partial charge in [-0.2, -0.15) is 0 Å². The molecular weight excluding hydrogens is 346 g/mol. The van der Waals surface area contributed by atoms with E-state index in [2.05, 4.69) is 15.9 Å². The van der Waals surface area contributed by atoms with Gasteiger partial charge in [0.25, 0.3) is 0 Å². The number of nitrogens with two attached hydrogens (primary N) is 1. The van der Waals surface area contributed by atoms with Gasteiger partial charge < -0.3 is 15.2 Å². The molecule has 0 aliphatic carbocycles. The molecule has 1 rings (SSSR count). The van der Waals surface area contributed by atoms with Crippen LogP contribution in [0.4, 0.5) is 4.79 Å². The number of rotatable bonds is 9. The van der Waals surface area contributed by atoms with E-state index in [-0.39, 0.29) is 5.92 Å². The summed E-state index contributed by atoms with van der Waals surface area (Å²) in [6.07, 6.45) is 2.65. The maximum Gasteiger partial charge on any atom is 0.405 e. The fourth-order valence-corrected chi connectivity index (χ4v) is 2.56. The van der Waals surface area contributed by atoms with E-state index >= 15 is 0 Å². The zero-order chi connectivity index (χ0) is 16.6. The highest BCUT2D eigenvalue weighted by Gasteiger charge is 2.30. The van der Waals surface area contributed by atoms with Crippen LogP contribution in [-0.4, -0.2) is 23.6 Å². The molecule has 1 unspecified atom stereocenters. The number of benzene rings is 1. The number of carbonyl (C=O) groups is 1. The molecule has 0 radical (unpaired) electrons. The molecule has 0 heterocycles. The third-order valence-electron chi connectivity index (χ3n) is 3.83. The van der Waals surface area contributed by atoms with Crippen LogP contribution in [0.2, 0.25) is 0 Å². The number of amides is 1. The van der Waals surface area contributed by atoms with E-state index in [1.807, 2.05) is 45.0 Å². The Bertz CT molecular complexity index is 459. The Morgan fingerprint density at radius 2 is 1.86 bits per heavy atom. The minimum absolute atomic E-state index is 0.0352. The largest absolute Gasteiger partial charge is 0.494 e. The van der Waals surface area contributed by atoms with Crippen molar-refractivity contribution in [2.45, 2.75) is 51.6 Å². The summed E-state index contributed by atoms with van der Waals surface area (Å²) >= 11 is 3.42. The summed E-state index contributed by atoms with van der Waals surface area (Å²) in [4.78, 5) is 11.0. The molecule has 0 aliphatic heterocycles. The summed E-state index contributed by atoms with van der Waals surface area (Å²) in [6.45, 7) is 6.46. The third-order valence-corrected chi connectivity index (χ3v) is 4.39. The summed E-state index contributed by atoms with van der Waals surface area (Å²) in [6, 6.07) is 7.92. The quantitative estimate of drug-likeness (QED) is 0.509. The van der Waals surface area contributed by atoms with Crippen molar-refractivity contribution < 1.29 is 14.3 Å². The number of hydrogen-bond donors (Lipinski definition) is 1. The molecule has 0 saturated carbocycles. The van der Waals surface area contributed by atoms with Crippen LogP contribution in [0.15, 0.2) is 24.3 Å². The zero-order valence-corrected chi connectivity index (χ0v) is 15.2. The van der Waals surface area contributed by atoms with Crippen LogP contribution in [0.1, 0.15) is 51.5 Å². The minimum atomic E-state index is -0.750. The molecule has 1 atom stereocenters. The van der Waals surface area contributed by atoms with Crippen molar-refractivity contribution in [3.05, 3.63) is 29.8 Å². The lowest BCUT2D eigenvalue weighted by atomic mass is 9.86. The molecule has 1 aromatic rings. The Balaban J connectivity index is 2.55. The fourth-order valence-electron chi connectivity index (χ4n) is 2.17. The molecular formula is C17H26BrNO3. The van der Waals surface area contributed by atoms with E-state index in [1.165, 1.54) is 12.8 Å². The second kappa shape index (κ2) is 9.03. The molecule has 0 bridgehead atoms. The number of carbonyl (C=O) groups excluding carboxylic acids is 1. The van der Waals surface area contributed by atoms with Crippen molar-refractivity contribution in [1.29, 1.82) is 0 Å². The van der Waals surface area contributed by atoms with Gasteiger partial charge in [0.05, 0.1) is 6.61 Å². The van der Waals surface area contributed by atoms with Crippen molar-refractivity contribution in [2.24, 2.45) is 5.73 Å². The van der Waals surface area contributed by atoms with Crippen LogP contribution >= 0.6 is 15.9 Å². The van der Waals surface area contributed by atoms with Crippen LogP contribution in [0.25, 0.3) is 0 Å². The van der Waals surface area contributed by atoms with E-state index in [4.69, 9.17) is 15.2 Å². The molecule has 5 heteroatoms. The molecule has 1 amide bonds. The van der Waals surface area contributed by atoms with E-state index in [0.717, 1.165) is 29.7 Å². The van der Waals surface area contributed by atoms with E-state index in [0.29, 0.717) is 0 Å². The number of ether oxygens (including phenoxy) is 2. The van der Waals surface area contributed by atoms with Gasteiger partial charge in [0.2, 0.25) is 0 Å². The normalized spacial score (nSPS) is 12.7. The lowest BCUT2D eigenvalue weighted by Crippen LogP contribution is -2.36. The van der Waals surface area contributed by atoms with Crippen LogP contribution < -0.4 is 10.5 Å². The smallest absolute Gasteiger partial charge is 0.405 e. The number of unbranched alkanes of at least 4 members (excludes halogenated alkanes) is 2. The summed E-state index contributed by atoms with van der Waals surface area (Å²) in [7, 11) is 0. The van der Waals surface area contributed by atoms with E-state index in [1.54, 1.807) is 0 Å². The Kier molecular flexibility index (Phi) is 7.73. The number of primary amides is 1. The lowest BCUT2D eigenvalue weighted by molar-refractivity contribution is 0.0281. The maximum atomic E-state index is 11.0. The van der Waals surface area contributed by atoms with Crippen molar-refractivity contribution in [1.82, 2.24) is 0 Å². The topological polar surface area (TPSA) is 61.6 Å². The molecule has 0 aromatic heterocycles. The summed E-state index contributed by atoms with van der Waals surface area (Å²) in [5, 5.41) is 1.04. The summed E-state index contributed by atoms with van der Waals surface area (Å²) in [5.74, 6) is 0.899. The molecule has 4 nitrogen and oxygen atoms in total. The Morgan fingerprint density at radius 3 is 2.41 bits per heavy atom. The van der Waals surface area contributed by atoms with Crippen LogP contribution in [0.5, 0.6) is 5.75 Å². The van der Waals surface area contributed by atoms with E-state index in [9.17, 15) is 4.79 Å². The molecule has 0 fully saturated rings. The predicted octanol–water partition coefficient (Wildman–Crippen LogP) is 4.61. The van der Waals surface area contributed by atoms with Gasteiger partial charge >= 0.3 is 6.09 Å². The van der Waals surface area contributed by atoms with Crippen LogP contribution in [0.3, 0.4) is 0 Å². The first-order valence-electron chi connectivity index (χ1n) is 7.64. The highest BCUT2D eigenvalue weighted by Crippen LogP contribution is 2.31. The number of alkyl halides is 1. The van der Waals surface area contributed by atoms with Crippen LogP contribution in [-0.2, 0) is 4.74 Å². The van der Waals surface area contributed by atoms with Crippen molar-refractivity contribution >= 4 is 22.0 Å². The van der Waals surface area contributed by atoms with Crippen molar-refractivity contribution in [2.75, 3.05) is 11.9 Å². The Labute approximate surface area is 141 Å². The maximum absolute atomic E-state index is 11.0. The second-order valence-corrected chi connectivity index (χ2v) is 6.71. The van der Waals surface area contributed by atoms with Crippen molar-refractivity contribution in [3.63, 3.8) is 0 Å². The molecule has 22 heavy (non-hydrogen) atoms. The molecule has 0 spiro atoms. The minimum Gasteiger partial charge on any atom is -0.494 e. The molecule has 0 aliphatic rings. The first kappa shape index (κ1) is 18.8. The molecule has 0 saturated heterocycles. The van der Waals surface area contributed by atoms with Gasteiger partial charge in [-0.15, -0.1) is 0 Å². The highest BCUT2D eigenvalue weighted by molar-refractivity contribution is 9.09. The van der Waals surface area contributed by atoms with Gasteiger partial charge in [-0.3, -0.25) is 0 Å². The fraction of sp³-hybridized carbons (Fsp3) is 0.588. The van der Waals surface area contributed by atoms with Crippen molar-refractivity contribution in [3.8, 4) is 5.75 Å². The predicted molar refractivity (Wildman–Crippen MR) is 92.7 cm³/mol.